The number of alkyl halides is 1. The predicted molar refractivity (Wildman–Crippen MR) is 113 cm³/mol. The van der Waals surface area contributed by atoms with E-state index in [4.69, 9.17) is 11.6 Å². The average Bonchev–Trinajstić information content (AvgIpc) is 3.02. The molecule has 0 aliphatic carbocycles. The smallest absolute Gasteiger partial charge is 0.226 e. The molecule has 0 spiro atoms. The van der Waals surface area contributed by atoms with E-state index in [0.717, 1.165) is 35.0 Å². The lowest BCUT2D eigenvalue weighted by molar-refractivity contribution is -0.128. The van der Waals surface area contributed by atoms with E-state index < -0.39 is 5.41 Å². The van der Waals surface area contributed by atoms with Crippen LogP contribution in [-0.4, -0.2) is 49.9 Å². The molecule has 0 aliphatic rings. The molecule has 2 N–H and O–H groups in total. The van der Waals surface area contributed by atoms with Gasteiger partial charge in [0, 0.05) is 24.2 Å². The van der Waals surface area contributed by atoms with Crippen LogP contribution in [0.4, 0.5) is 5.82 Å². The lowest BCUT2D eigenvalue weighted by Crippen LogP contribution is -2.39. The normalized spacial score (nSPS) is 12.0. The fraction of sp³-hybridized carbons (Fsp3) is 0.667. The molecule has 0 fully saturated rings. The zero-order valence-corrected chi connectivity index (χ0v) is 18.2. The molecule has 0 saturated heterocycles. The topological polar surface area (TPSA) is 84.7 Å². The lowest BCUT2D eigenvalue weighted by Gasteiger charge is -2.20. The Bertz CT molecular complexity index is 777. The van der Waals surface area contributed by atoms with Crippen molar-refractivity contribution in [2.24, 2.45) is 5.41 Å². The maximum Gasteiger partial charge on any atom is 0.226 e. The standard InChI is InChI=1S/C18H29ClN6OS/c1-6-7-20-14-13-10-22-25(9-8-21-16(26)18(4,5)11-19)15(13)24-17(23-14)27-12(2)3/h10,12H,6-9,11H2,1-5H3,(H,21,26)(H,20,23,24). The summed E-state index contributed by atoms with van der Waals surface area (Å²) >= 11 is 7.48. The summed E-state index contributed by atoms with van der Waals surface area (Å²) in [6.45, 7) is 11.8. The zero-order valence-electron chi connectivity index (χ0n) is 16.7. The van der Waals surface area contributed by atoms with Crippen LogP contribution >= 0.6 is 23.4 Å². The first-order chi connectivity index (χ1) is 12.8. The molecule has 0 aromatic carbocycles. The van der Waals surface area contributed by atoms with Crippen LogP contribution in [0.2, 0.25) is 0 Å². The Balaban J connectivity index is 2.20. The highest BCUT2D eigenvalue weighted by Crippen LogP contribution is 2.26. The number of halogens is 1. The summed E-state index contributed by atoms with van der Waals surface area (Å²) in [4.78, 5) is 21.5. The van der Waals surface area contributed by atoms with E-state index in [1.54, 1.807) is 18.0 Å². The Labute approximate surface area is 170 Å². The number of carbonyl (C=O) groups excluding carboxylic acids is 1. The molecular weight excluding hydrogens is 384 g/mol. The number of fused-ring (bicyclic) bond motifs is 1. The fourth-order valence-electron chi connectivity index (χ4n) is 2.32. The largest absolute Gasteiger partial charge is 0.369 e. The van der Waals surface area contributed by atoms with Gasteiger partial charge >= 0.3 is 0 Å². The van der Waals surface area contributed by atoms with Gasteiger partial charge in [0.05, 0.1) is 23.5 Å². The van der Waals surface area contributed by atoms with Gasteiger partial charge in [0.15, 0.2) is 10.8 Å². The summed E-state index contributed by atoms with van der Waals surface area (Å²) < 4.78 is 1.81. The van der Waals surface area contributed by atoms with E-state index in [2.05, 4.69) is 46.5 Å². The highest BCUT2D eigenvalue weighted by Gasteiger charge is 2.26. The molecule has 9 heteroatoms. The molecule has 0 saturated carbocycles. The Hall–Kier alpha value is -1.54. The van der Waals surface area contributed by atoms with Crippen LogP contribution in [-0.2, 0) is 11.3 Å². The van der Waals surface area contributed by atoms with Crippen molar-refractivity contribution in [1.82, 2.24) is 25.1 Å². The number of nitrogens with one attached hydrogen (secondary N) is 2. The van der Waals surface area contributed by atoms with Crippen molar-refractivity contribution in [3.8, 4) is 0 Å². The van der Waals surface area contributed by atoms with Crippen LogP contribution in [0.5, 0.6) is 0 Å². The molecule has 1 amide bonds. The summed E-state index contributed by atoms with van der Waals surface area (Å²) in [7, 11) is 0. The molecule has 0 unspecified atom stereocenters. The third-order valence-electron chi connectivity index (χ3n) is 3.92. The minimum absolute atomic E-state index is 0.0649. The van der Waals surface area contributed by atoms with Gasteiger partial charge in [-0.25, -0.2) is 14.6 Å². The first-order valence-corrected chi connectivity index (χ1v) is 10.7. The van der Waals surface area contributed by atoms with Crippen molar-refractivity contribution in [3.05, 3.63) is 6.20 Å². The van der Waals surface area contributed by atoms with E-state index in [-0.39, 0.29) is 11.8 Å². The molecule has 2 aromatic rings. The number of hydrogen-bond donors (Lipinski definition) is 2. The second kappa shape index (κ2) is 9.59. The lowest BCUT2D eigenvalue weighted by atomic mass is 9.95. The molecule has 0 radical (unpaired) electrons. The van der Waals surface area contributed by atoms with E-state index in [1.165, 1.54) is 0 Å². The highest BCUT2D eigenvalue weighted by molar-refractivity contribution is 7.99. The summed E-state index contributed by atoms with van der Waals surface area (Å²) in [5.41, 5.74) is 0.186. The van der Waals surface area contributed by atoms with E-state index in [0.29, 0.717) is 18.3 Å². The van der Waals surface area contributed by atoms with Crippen molar-refractivity contribution < 1.29 is 4.79 Å². The number of thioether (sulfide) groups is 1. The van der Waals surface area contributed by atoms with Gasteiger partial charge in [0.25, 0.3) is 0 Å². The number of nitrogens with zero attached hydrogens (tertiary/aromatic N) is 4. The van der Waals surface area contributed by atoms with Crippen LogP contribution < -0.4 is 10.6 Å². The van der Waals surface area contributed by atoms with Crippen molar-refractivity contribution in [3.63, 3.8) is 0 Å². The first kappa shape index (κ1) is 21.8. The minimum Gasteiger partial charge on any atom is -0.369 e. The van der Waals surface area contributed by atoms with Gasteiger partial charge in [-0.3, -0.25) is 4.79 Å². The van der Waals surface area contributed by atoms with Crippen LogP contribution in [0.25, 0.3) is 11.0 Å². The minimum atomic E-state index is -0.589. The highest BCUT2D eigenvalue weighted by atomic mass is 35.5. The summed E-state index contributed by atoms with van der Waals surface area (Å²) in [5, 5.41) is 12.7. The van der Waals surface area contributed by atoms with Crippen molar-refractivity contribution >= 4 is 46.1 Å². The first-order valence-electron chi connectivity index (χ1n) is 9.26. The van der Waals surface area contributed by atoms with Gasteiger partial charge in [-0.15, -0.1) is 11.6 Å². The number of carbonyl (C=O) groups is 1. The number of amides is 1. The Morgan fingerprint density at radius 3 is 2.70 bits per heavy atom. The van der Waals surface area contributed by atoms with E-state index in [1.807, 2.05) is 18.5 Å². The molecule has 0 bridgehead atoms. The monoisotopic (exact) mass is 412 g/mol. The molecule has 2 aromatic heterocycles. The molecule has 2 heterocycles. The number of anilines is 1. The van der Waals surface area contributed by atoms with Gasteiger partial charge < -0.3 is 10.6 Å². The third kappa shape index (κ3) is 5.72. The average molecular weight is 413 g/mol. The fourth-order valence-corrected chi connectivity index (χ4v) is 3.14. The summed E-state index contributed by atoms with van der Waals surface area (Å²) in [5.74, 6) is 1.02. The van der Waals surface area contributed by atoms with E-state index >= 15 is 0 Å². The molecule has 2 rings (SSSR count). The molecule has 7 nitrogen and oxygen atoms in total. The second-order valence-corrected chi connectivity index (χ2v) is 9.14. The third-order valence-corrected chi connectivity index (χ3v) is 5.45. The maximum atomic E-state index is 12.2. The quantitative estimate of drug-likeness (QED) is 0.352. The van der Waals surface area contributed by atoms with Crippen molar-refractivity contribution in [2.75, 3.05) is 24.3 Å². The Morgan fingerprint density at radius 2 is 2.07 bits per heavy atom. The van der Waals surface area contributed by atoms with Crippen LogP contribution in [0.3, 0.4) is 0 Å². The predicted octanol–water partition coefficient (Wildman–Crippen LogP) is 3.53. The van der Waals surface area contributed by atoms with Gasteiger partial charge in [-0.2, -0.15) is 5.10 Å². The Morgan fingerprint density at radius 1 is 1.33 bits per heavy atom. The number of rotatable bonds is 10. The summed E-state index contributed by atoms with van der Waals surface area (Å²) in [6.07, 6.45) is 2.79. The molecular formula is C18H29ClN6OS. The van der Waals surface area contributed by atoms with Gasteiger partial charge in [-0.1, -0.05) is 32.5 Å². The van der Waals surface area contributed by atoms with Crippen LogP contribution in [0.1, 0.15) is 41.0 Å². The summed E-state index contributed by atoms with van der Waals surface area (Å²) in [6, 6.07) is 0. The maximum absolute atomic E-state index is 12.2. The molecule has 0 atom stereocenters. The number of hydrogen-bond acceptors (Lipinski definition) is 6. The second-order valence-electron chi connectivity index (χ2n) is 7.33. The van der Waals surface area contributed by atoms with Gasteiger partial charge in [0.2, 0.25) is 5.91 Å². The molecule has 0 aliphatic heterocycles. The zero-order chi connectivity index (χ0) is 20.0. The van der Waals surface area contributed by atoms with E-state index in [9.17, 15) is 4.79 Å². The van der Waals surface area contributed by atoms with Gasteiger partial charge in [-0.05, 0) is 20.3 Å². The van der Waals surface area contributed by atoms with Gasteiger partial charge in [0.1, 0.15) is 5.82 Å². The Kier molecular flexibility index (Phi) is 7.73. The van der Waals surface area contributed by atoms with Crippen molar-refractivity contribution in [1.29, 1.82) is 0 Å². The van der Waals surface area contributed by atoms with Crippen LogP contribution in [0, 0.1) is 5.41 Å². The van der Waals surface area contributed by atoms with Crippen molar-refractivity contribution in [2.45, 2.75) is 58.0 Å². The SMILES string of the molecule is CCCNc1nc(SC(C)C)nc2c1cnn2CCNC(=O)C(C)(C)CCl. The molecule has 27 heavy (non-hydrogen) atoms. The molecule has 150 valence electrons. The number of aromatic nitrogens is 4. The van der Waals surface area contributed by atoms with Crippen LogP contribution in [0.15, 0.2) is 11.4 Å².